The number of nitrogens with zero attached hydrogens (tertiary/aromatic N) is 1. The maximum atomic E-state index is 13.1. The van der Waals surface area contributed by atoms with Crippen molar-refractivity contribution in [2.75, 3.05) is 31.5 Å². The van der Waals surface area contributed by atoms with Crippen molar-refractivity contribution in [3.05, 3.63) is 68.7 Å². The molecule has 0 saturated carbocycles. The lowest BCUT2D eigenvalue weighted by Crippen LogP contribution is -2.36. The van der Waals surface area contributed by atoms with Crippen LogP contribution in [-0.4, -0.2) is 37.0 Å². The average Bonchev–Trinajstić information content (AvgIpc) is 3.02. The maximum Gasteiger partial charge on any atom is 0.254 e. The van der Waals surface area contributed by atoms with Crippen molar-refractivity contribution in [2.45, 2.75) is 12.8 Å². The van der Waals surface area contributed by atoms with E-state index >= 15 is 0 Å². The fraction of sp³-hybridized carbons (Fsp3) is 0.286. The summed E-state index contributed by atoms with van der Waals surface area (Å²) in [5, 5.41) is 4.49. The molecule has 140 valence electrons. The fourth-order valence-corrected chi connectivity index (χ4v) is 4.32. The third-order valence-electron chi connectivity index (χ3n) is 5.15. The van der Waals surface area contributed by atoms with Crippen LogP contribution in [0.1, 0.15) is 27.9 Å². The molecule has 1 heterocycles. The summed E-state index contributed by atoms with van der Waals surface area (Å²) in [6.07, 6.45) is 1.75. The highest BCUT2D eigenvalue weighted by molar-refractivity contribution is 6.31. The predicted molar refractivity (Wildman–Crippen MR) is 112 cm³/mol. The molecule has 2 aromatic rings. The molecule has 2 aromatic carbocycles. The number of halogens is 2. The van der Waals surface area contributed by atoms with Crippen LogP contribution in [0.2, 0.25) is 10.0 Å². The summed E-state index contributed by atoms with van der Waals surface area (Å²) in [6.45, 7) is 2.50. The van der Waals surface area contributed by atoms with Crippen LogP contribution in [0, 0.1) is 0 Å². The zero-order chi connectivity index (χ0) is 19.0. The van der Waals surface area contributed by atoms with Crippen LogP contribution >= 0.6 is 23.2 Å². The summed E-state index contributed by atoms with van der Waals surface area (Å²) in [6, 6.07) is 11.4. The lowest BCUT2D eigenvalue weighted by atomic mass is 9.98. The summed E-state index contributed by atoms with van der Waals surface area (Å²) in [5.74, 6) is 0.00818. The van der Waals surface area contributed by atoms with Gasteiger partial charge in [0.05, 0.1) is 0 Å². The normalized spacial score (nSPS) is 15.6. The number of hydrogen-bond donors (Lipinski definition) is 2. The summed E-state index contributed by atoms with van der Waals surface area (Å²) in [7, 11) is 0. The van der Waals surface area contributed by atoms with E-state index in [0.717, 1.165) is 23.6 Å². The van der Waals surface area contributed by atoms with Crippen molar-refractivity contribution in [1.82, 2.24) is 4.90 Å². The Morgan fingerprint density at radius 2 is 2.00 bits per heavy atom. The predicted octanol–water partition coefficient (Wildman–Crippen LogP) is 4.22. The summed E-state index contributed by atoms with van der Waals surface area (Å²) >= 11 is 12.4. The van der Waals surface area contributed by atoms with Gasteiger partial charge >= 0.3 is 0 Å². The molecule has 3 N–H and O–H groups in total. The number of carbonyl (C=O) groups is 1. The number of nitrogens with one attached hydrogen (secondary N) is 1. The van der Waals surface area contributed by atoms with Gasteiger partial charge in [0.25, 0.3) is 5.91 Å². The molecular formula is C21H21Cl2N3O. The van der Waals surface area contributed by atoms with E-state index in [1.165, 1.54) is 22.3 Å². The number of benzene rings is 2. The van der Waals surface area contributed by atoms with E-state index in [4.69, 9.17) is 28.9 Å². The lowest BCUT2D eigenvalue weighted by Gasteiger charge is -2.29. The Morgan fingerprint density at radius 1 is 1.15 bits per heavy atom. The molecule has 1 aliphatic heterocycles. The van der Waals surface area contributed by atoms with Gasteiger partial charge in [0.1, 0.15) is 0 Å². The molecule has 0 unspecified atom stereocenters. The topological polar surface area (TPSA) is 58.4 Å². The van der Waals surface area contributed by atoms with Gasteiger partial charge in [-0.1, -0.05) is 29.3 Å². The van der Waals surface area contributed by atoms with Gasteiger partial charge in [-0.15, -0.1) is 0 Å². The van der Waals surface area contributed by atoms with Crippen molar-refractivity contribution in [3.63, 3.8) is 0 Å². The van der Waals surface area contributed by atoms with Crippen LogP contribution in [0.25, 0.3) is 5.57 Å². The van der Waals surface area contributed by atoms with Gasteiger partial charge in [-0.2, -0.15) is 0 Å². The third-order valence-corrected chi connectivity index (χ3v) is 5.60. The van der Waals surface area contributed by atoms with E-state index in [9.17, 15) is 4.79 Å². The first-order valence-electron chi connectivity index (χ1n) is 9.08. The molecule has 0 spiro atoms. The van der Waals surface area contributed by atoms with Gasteiger partial charge in [0.2, 0.25) is 0 Å². The molecule has 0 atom stereocenters. The molecular weight excluding hydrogens is 381 g/mol. The van der Waals surface area contributed by atoms with Crippen LogP contribution in [-0.2, 0) is 6.42 Å². The molecule has 0 bridgehead atoms. The average molecular weight is 402 g/mol. The molecule has 27 heavy (non-hydrogen) atoms. The smallest absolute Gasteiger partial charge is 0.254 e. The van der Waals surface area contributed by atoms with E-state index < -0.39 is 0 Å². The number of hydrogen-bond acceptors (Lipinski definition) is 3. The van der Waals surface area contributed by atoms with Crippen LogP contribution in [0.5, 0.6) is 0 Å². The van der Waals surface area contributed by atoms with Gasteiger partial charge < -0.3 is 16.0 Å². The van der Waals surface area contributed by atoms with Crippen molar-refractivity contribution >= 4 is 40.4 Å². The van der Waals surface area contributed by atoms with Crippen molar-refractivity contribution in [2.24, 2.45) is 5.73 Å². The summed E-state index contributed by atoms with van der Waals surface area (Å²) in [5.41, 5.74) is 12.2. The Bertz CT molecular complexity index is 939. The Morgan fingerprint density at radius 3 is 2.81 bits per heavy atom. The maximum absolute atomic E-state index is 13.1. The van der Waals surface area contributed by atoms with E-state index in [0.29, 0.717) is 36.8 Å². The minimum absolute atomic E-state index is 0.00818. The Hall–Kier alpha value is -2.01. The number of amides is 1. The number of nitrogens with two attached hydrogens (primary N) is 1. The highest BCUT2D eigenvalue weighted by atomic mass is 35.5. The van der Waals surface area contributed by atoms with E-state index in [1.54, 1.807) is 6.07 Å². The minimum atomic E-state index is 0.00818. The van der Waals surface area contributed by atoms with E-state index in [2.05, 4.69) is 11.4 Å². The highest BCUT2D eigenvalue weighted by Gasteiger charge is 2.29. The first kappa shape index (κ1) is 18.4. The molecule has 0 radical (unpaired) electrons. The van der Waals surface area contributed by atoms with Crippen LogP contribution in [0.15, 0.2) is 42.0 Å². The molecule has 0 saturated heterocycles. The highest BCUT2D eigenvalue weighted by Crippen LogP contribution is 2.39. The van der Waals surface area contributed by atoms with Crippen LogP contribution in [0.3, 0.4) is 0 Å². The quantitative estimate of drug-likeness (QED) is 0.805. The molecule has 1 aliphatic carbocycles. The Balaban J connectivity index is 1.54. The van der Waals surface area contributed by atoms with Gasteiger partial charge in [-0.05, 0) is 65.4 Å². The molecule has 6 heteroatoms. The zero-order valence-electron chi connectivity index (χ0n) is 14.9. The number of anilines is 1. The molecule has 0 fully saturated rings. The second kappa shape index (κ2) is 7.55. The molecule has 1 amide bonds. The van der Waals surface area contributed by atoms with Gasteiger partial charge in [-0.3, -0.25) is 4.79 Å². The summed E-state index contributed by atoms with van der Waals surface area (Å²) < 4.78 is 0. The second-order valence-electron chi connectivity index (χ2n) is 6.98. The van der Waals surface area contributed by atoms with E-state index in [1.807, 2.05) is 29.2 Å². The van der Waals surface area contributed by atoms with Gasteiger partial charge in [0, 0.05) is 47.5 Å². The standard InChI is InChI=1S/C21H21Cl2N3O/c22-16-2-1-13-7-15-12-26(6-3-19(15)20(13)11-16)21(27)14-8-17(23)10-18(9-14)25-5-4-24/h1-2,8-11,25H,3-7,12,24H2. The fourth-order valence-electron chi connectivity index (χ4n) is 3.92. The molecule has 4 rings (SSSR count). The zero-order valence-corrected chi connectivity index (χ0v) is 16.4. The van der Waals surface area contributed by atoms with Gasteiger partial charge in [0.15, 0.2) is 0 Å². The number of fused-ring (bicyclic) bond motifs is 2. The van der Waals surface area contributed by atoms with Crippen LogP contribution < -0.4 is 11.1 Å². The second-order valence-corrected chi connectivity index (χ2v) is 7.85. The number of rotatable bonds is 4. The SMILES string of the molecule is NCCNc1cc(Cl)cc(C(=O)N2CCC3=C(Cc4ccc(Cl)cc43)C2)c1. The monoisotopic (exact) mass is 401 g/mol. The van der Waals surface area contributed by atoms with Crippen molar-refractivity contribution in [3.8, 4) is 0 Å². The van der Waals surface area contributed by atoms with Crippen LogP contribution in [0.4, 0.5) is 5.69 Å². The lowest BCUT2D eigenvalue weighted by molar-refractivity contribution is 0.0768. The summed E-state index contributed by atoms with van der Waals surface area (Å²) in [4.78, 5) is 15.0. The largest absolute Gasteiger partial charge is 0.384 e. The van der Waals surface area contributed by atoms with E-state index in [-0.39, 0.29) is 5.91 Å². The molecule has 0 aromatic heterocycles. The third kappa shape index (κ3) is 3.70. The van der Waals surface area contributed by atoms with Gasteiger partial charge in [-0.25, -0.2) is 0 Å². The molecule has 2 aliphatic rings. The minimum Gasteiger partial charge on any atom is -0.384 e. The van der Waals surface area contributed by atoms with Crippen molar-refractivity contribution in [1.29, 1.82) is 0 Å². The molecule has 4 nitrogen and oxygen atoms in total. The first-order valence-corrected chi connectivity index (χ1v) is 9.84. The number of carbonyl (C=O) groups excluding carboxylic acids is 1. The Kier molecular flexibility index (Phi) is 5.13. The first-order chi connectivity index (χ1) is 13.0. The Labute approximate surface area is 168 Å². The van der Waals surface area contributed by atoms with Crippen molar-refractivity contribution < 1.29 is 4.79 Å².